The van der Waals surface area contributed by atoms with Crippen LogP contribution in [0.4, 0.5) is 0 Å². The summed E-state index contributed by atoms with van der Waals surface area (Å²) in [7, 11) is 3.03. The minimum atomic E-state index is -0.242. The number of carbonyl (C=O) groups is 1. The van der Waals surface area contributed by atoms with Crippen LogP contribution in [0.15, 0.2) is 12.1 Å². The van der Waals surface area contributed by atoms with Crippen LogP contribution in [0.1, 0.15) is 25.2 Å². The van der Waals surface area contributed by atoms with E-state index in [1.807, 2.05) is 37.8 Å². The quantitative estimate of drug-likeness (QED) is 0.735. The Hall–Kier alpha value is -1.62. The van der Waals surface area contributed by atoms with Crippen LogP contribution in [-0.2, 0) is 16.1 Å². The number of ether oxygens (including phenoxy) is 2. The standard InChI is InChI=1S/C14H22N2O3/c1-10(2)16(9-14(17)19-5)8-12-7-13(18-4)6-11(3)15-12/h6-7,10H,8-9H2,1-5H3. The average molecular weight is 266 g/mol. The van der Waals surface area contributed by atoms with Crippen molar-refractivity contribution in [3.05, 3.63) is 23.5 Å². The monoisotopic (exact) mass is 266 g/mol. The van der Waals surface area contributed by atoms with Gasteiger partial charge in [0, 0.05) is 30.4 Å². The molecule has 1 heterocycles. The van der Waals surface area contributed by atoms with Crippen molar-refractivity contribution in [1.82, 2.24) is 9.88 Å². The molecule has 0 saturated carbocycles. The Bertz CT molecular complexity index is 433. The summed E-state index contributed by atoms with van der Waals surface area (Å²) in [6.45, 7) is 6.84. The van der Waals surface area contributed by atoms with Crippen molar-refractivity contribution >= 4 is 5.97 Å². The summed E-state index contributed by atoms with van der Waals surface area (Å²) >= 11 is 0. The second kappa shape index (κ2) is 7.09. The van der Waals surface area contributed by atoms with Crippen molar-refractivity contribution in [2.24, 2.45) is 0 Å². The van der Waals surface area contributed by atoms with Crippen molar-refractivity contribution in [3.63, 3.8) is 0 Å². The van der Waals surface area contributed by atoms with E-state index in [1.165, 1.54) is 7.11 Å². The number of aryl methyl sites for hydroxylation is 1. The van der Waals surface area contributed by atoms with E-state index in [9.17, 15) is 4.79 Å². The predicted octanol–water partition coefficient (Wildman–Crippen LogP) is 1.78. The van der Waals surface area contributed by atoms with Crippen molar-refractivity contribution < 1.29 is 14.3 Å². The molecule has 0 bridgehead atoms. The fourth-order valence-electron chi connectivity index (χ4n) is 1.76. The molecule has 0 fully saturated rings. The van der Waals surface area contributed by atoms with E-state index in [4.69, 9.17) is 9.47 Å². The first-order chi connectivity index (χ1) is 8.96. The molecular formula is C14H22N2O3. The topological polar surface area (TPSA) is 51.7 Å². The minimum absolute atomic E-state index is 0.229. The maximum absolute atomic E-state index is 11.4. The third kappa shape index (κ3) is 4.87. The Morgan fingerprint density at radius 3 is 2.58 bits per heavy atom. The van der Waals surface area contributed by atoms with E-state index in [0.717, 1.165) is 17.1 Å². The van der Waals surface area contributed by atoms with Gasteiger partial charge in [0.25, 0.3) is 0 Å². The molecule has 0 aromatic carbocycles. The van der Waals surface area contributed by atoms with Crippen LogP contribution >= 0.6 is 0 Å². The summed E-state index contributed by atoms with van der Waals surface area (Å²) in [5.74, 6) is 0.539. The molecule has 0 N–H and O–H groups in total. The third-order valence-electron chi connectivity index (χ3n) is 2.87. The van der Waals surface area contributed by atoms with Crippen LogP contribution in [0.5, 0.6) is 5.75 Å². The van der Waals surface area contributed by atoms with E-state index in [0.29, 0.717) is 6.54 Å². The first-order valence-corrected chi connectivity index (χ1v) is 6.28. The number of pyridine rings is 1. The van der Waals surface area contributed by atoms with Crippen LogP contribution in [0.2, 0.25) is 0 Å². The highest BCUT2D eigenvalue weighted by Crippen LogP contribution is 2.15. The molecule has 1 aromatic heterocycles. The van der Waals surface area contributed by atoms with Crippen molar-refractivity contribution in [2.45, 2.75) is 33.4 Å². The number of rotatable bonds is 6. The molecule has 0 aliphatic rings. The fourth-order valence-corrected chi connectivity index (χ4v) is 1.76. The maximum atomic E-state index is 11.4. The zero-order chi connectivity index (χ0) is 14.4. The summed E-state index contributed by atoms with van der Waals surface area (Å²) in [6, 6.07) is 4.00. The molecule has 1 aromatic rings. The normalized spacial score (nSPS) is 10.9. The highest BCUT2D eigenvalue weighted by atomic mass is 16.5. The fraction of sp³-hybridized carbons (Fsp3) is 0.571. The van der Waals surface area contributed by atoms with E-state index >= 15 is 0 Å². The molecule has 0 saturated heterocycles. The lowest BCUT2D eigenvalue weighted by molar-refractivity contribution is -0.142. The lowest BCUT2D eigenvalue weighted by Crippen LogP contribution is -2.36. The molecule has 0 unspecified atom stereocenters. The van der Waals surface area contributed by atoms with Crippen LogP contribution in [-0.4, -0.2) is 42.7 Å². The molecule has 0 aliphatic carbocycles. The first-order valence-electron chi connectivity index (χ1n) is 6.28. The van der Waals surface area contributed by atoms with Crippen molar-refractivity contribution in [2.75, 3.05) is 20.8 Å². The molecule has 0 aliphatic heterocycles. The first kappa shape index (κ1) is 15.4. The summed E-state index contributed by atoms with van der Waals surface area (Å²) in [6.07, 6.45) is 0. The molecule has 0 atom stereocenters. The van der Waals surface area contributed by atoms with E-state index in [2.05, 4.69) is 4.98 Å². The van der Waals surface area contributed by atoms with Crippen molar-refractivity contribution in [3.8, 4) is 5.75 Å². The molecule has 0 spiro atoms. The van der Waals surface area contributed by atoms with Crippen LogP contribution in [0.3, 0.4) is 0 Å². The molecule has 19 heavy (non-hydrogen) atoms. The Kier molecular flexibility index (Phi) is 5.76. The van der Waals surface area contributed by atoms with Gasteiger partial charge < -0.3 is 9.47 Å². The smallest absolute Gasteiger partial charge is 0.319 e. The average Bonchev–Trinajstić information content (AvgIpc) is 2.36. The molecule has 0 amide bonds. The van der Waals surface area contributed by atoms with E-state index in [1.54, 1.807) is 7.11 Å². The summed E-state index contributed by atoms with van der Waals surface area (Å²) in [4.78, 5) is 17.9. The van der Waals surface area contributed by atoms with Crippen molar-refractivity contribution in [1.29, 1.82) is 0 Å². The number of nitrogens with zero attached hydrogens (tertiary/aromatic N) is 2. The van der Waals surface area contributed by atoms with Gasteiger partial charge in [0.05, 0.1) is 26.5 Å². The highest BCUT2D eigenvalue weighted by Gasteiger charge is 2.16. The second-order valence-corrected chi connectivity index (χ2v) is 4.71. The second-order valence-electron chi connectivity index (χ2n) is 4.71. The lowest BCUT2D eigenvalue weighted by atomic mass is 10.2. The lowest BCUT2D eigenvalue weighted by Gasteiger charge is -2.24. The molecule has 0 radical (unpaired) electrons. The third-order valence-corrected chi connectivity index (χ3v) is 2.87. The number of carbonyl (C=O) groups excluding carboxylic acids is 1. The Morgan fingerprint density at radius 1 is 1.37 bits per heavy atom. The Morgan fingerprint density at radius 2 is 2.05 bits per heavy atom. The van der Waals surface area contributed by atoms with E-state index in [-0.39, 0.29) is 18.6 Å². The zero-order valence-corrected chi connectivity index (χ0v) is 12.3. The zero-order valence-electron chi connectivity index (χ0n) is 12.3. The van der Waals surface area contributed by atoms with Gasteiger partial charge in [-0.2, -0.15) is 0 Å². The predicted molar refractivity (Wildman–Crippen MR) is 73.1 cm³/mol. The molecule has 1 rings (SSSR count). The number of methoxy groups -OCH3 is 2. The van der Waals surface area contributed by atoms with Gasteiger partial charge in [-0.05, 0) is 20.8 Å². The van der Waals surface area contributed by atoms with Gasteiger partial charge >= 0.3 is 5.97 Å². The van der Waals surface area contributed by atoms with Crippen LogP contribution in [0.25, 0.3) is 0 Å². The summed E-state index contributed by atoms with van der Waals surface area (Å²) in [5, 5.41) is 0. The molecule has 5 nitrogen and oxygen atoms in total. The SMILES string of the molecule is COC(=O)CN(Cc1cc(OC)cc(C)n1)C(C)C. The van der Waals surface area contributed by atoms with Gasteiger partial charge in [0.15, 0.2) is 0 Å². The molecule has 5 heteroatoms. The number of aromatic nitrogens is 1. The van der Waals surface area contributed by atoms with Gasteiger partial charge in [-0.25, -0.2) is 0 Å². The molecular weight excluding hydrogens is 244 g/mol. The number of esters is 1. The van der Waals surface area contributed by atoms with Gasteiger partial charge in [0.1, 0.15) is 5.75 Å². The van der Waals surface area contributed by atoms with Crippen LogP contribution in [0, 0.1) is 6.92 Å². The van der Waals surface area contributed by atoms with Gasteiger partial charge in [0.2, 0.25) is 0 Å². The van der Waals surface area contributed by atoms with Gasteiger partial charge in [-0.1, -0.05) is 0 Å². The summed E-state index contributed by atoms with van der Waals surface area (Å²) < 4.78 is 9.94. The van der Waals surface area contributed by atoms with Gasteiger partial charge in [-0.3, -0.25) is 14.7 Å². The highest BCUT2D eigenvalue weighted by molar-refractivity contribution is 5.71. The number of hydrogen-bond acceptors (Lipinski definition) is 5. The van der Waals surface area contributed by atoms with E-state index < -0.39 is 0 Å². The number of hydrogen-bond donors (Lipinski definition) is 0. The Labute approximate surface area is 114 Å². The Balaban J connectivity index is 2.84. The molecule has 106 valence electrons. The van der Waals surface area contributed by atoms with Crippen LogP contribution < -0.4 is 4.74 Å². The minimum Gasteiger partial charge on any atom is -0.497 e. The summed E-state index contributed by atoms with van der Waals surface area (Å²) in [5.41, 5.74) is 1.78. The maximum Gasteiger partial charge on any atom is 0.319 e. The van der Waals surface area contributed by atoms with Gasteiger partial charge in [-0.15, -0.1) is 0 Å². The largest absolute Gasteiger partial charge is 0.497 e.